The number of hydrogen-bond donors (Lipinski definition) is 1. The number of anilines is 1. The lowest BCUT2D eigenvalue weighted by molar-refractivity contribution is -0.384. The van der Waals surface area contributed by atoms with Crippen LogP contribution < -0.4 is 5.32 Å². The highest BCUT2D eigenvalue weighted by molar-refractivity contribution is 9.10. The van der Waals surface area contributed by atoms with E-state index >= 15 is 0 Å². The third-order valence-corrected chi connectivity index (χ3v) is 4.97. The van der Waals surface area contributed by atoms with Crippen LogP contribution in [0.1, 0.15) is 18.4 Å². The fourth-order valence-electron chi connectivity index (χ4n) is 3.01. The molecule has 1 aliphatic heterocycles. The molecule has 1 aliphatic rings. The van der Waals surface area contributed by atoms with Gasteiger partial charge in [0.25, 0.3) is 5.69 Å². The van der Waals surface area contributed by atoms with Crippen molar-refractivity contribution in [2.45, 2.75) is 25.5 Å². The number of benzene rings is 2. The lowest BCUT2D eigenvalue weighted by atomic mass is 10.0. The maximum absolute atomic E-state index is 12.2. The van der Waals surface area contributed by atoms with Crippen LogP contribution in [0.15, 0.2) is 53.0 Å². The van der Waals surface area contributed by atoms with Crippen LogP contribution in [0, 0.1) is 10.1 Å². The van der Waals surface area contributed by atoms with E-state index in [0.29, 0.717) is 36.1 Å². The number of hydrogen-bond acceptors (Lipinski definition) is 5. The topological polar surface area (TPSA) is 84.7 Å². The normalized spacial score (nSPS) is 14.6. The highest BCUT2D eigenvalue weighted by Gasteiger charge is 2.25. The summed E-state index contributed by atoms with van der Waals surface area (Å²) in [4.78, 5) is 24.7. The zero-order valence-electron chi connectivity index (χ0n) is 14.6. The second-order valence-corrected chi connectivity index (χ2v) is 7.28. The van der Waals surface area contributed by atoms with E-state index in [2.05, 4.69) is 21.2 Å². The molecule has 0 atom stereocenters. The van der Waals surface area contributed by atoms with Gasteiger partial charge in [-0.05, 0) is 30.5 Å². The van der Waals surface area contributed by atoms with E-state index in [9.17, 15) is 14.9 Å². The van der Waals surface area contributed by atoms with Gasteiger partial charge < -0.3 is 15.0 Å². The molecule has 0 unspecified atom stereocenters. The van der Waals surface area contributed by atoms with Gasteiger partial charge in [-0.15, -0.1) is 0 Å². The predicted molar refractivity (Wildman–Crippen MR) is 106 cm³/mol. The molecule has 1 amide bonds. The van der Waals surface area contributed by atoms with E-state index in [0.717, 1.165) is 5.56 Å². The number of piperidine rings is 1. The van der Waals surface area contributed by atoms with E-state index < -0.39 is 4.92 Å². The van der Waals surface area contributed by atoms with Crippen LogP contribution in [-0.4, -0.2) is 35.0 Å². The Kier molecular flexibility index (Phi) is 6.28. The third kappa shape index (κ3) is 5.19. The summed E-state index contributed by atoms with van der Waals surface area (Å²) < 4.78 is 6.02. The minimum atomic E-state index is -0.400. The summed E-state index contributed by atoms with van der Waals surface area (Å²) >= 11 is 3.25. The number of rotatable bonds is 5. The first kappa shape index (κ1) is 19.2. The molecule has 142 valence electrons. The lowest BCUT2D eigenvalue weighted by Gasteiger charge is -2.32. The van der Waals surface area contributed by atoms with Gasteiger partial charge in [-0.2, -0.15) is 0 Å². The minimum Gasteiger partial charge on any atom is -0.445 e. The maximum Gasteiger partial charge on any atom is 0.410 e. The summed E-state index contributed by atoms with van der Waals surface area (Å²) in [6, 6.07) is 14.6. The Morgan fingerprint density at radius 3 is 2.59 bits per heavy atom. The van der Waals surface area contributed by atoms with Crippen LogP contribution >= 0.6 is 15.9 Å². The molecule has 0 aliphatic carbocycles. The smallest absolute Gasteiger partial charge is 0.410 e. The van der Waals surface area contributed by atoms with Gasteiger partial charge in [-0.3, -0.25) is 10.1 Å². The van der Waals surface area contributed by atoms with Crippen LogP contribution in [0.3, 0.4) is 0 Å². The Labute approximate surface area is 165 Å². The third-order valence-electron chi connectivity index (χ3n) is 4.47. The van der Waals surface area contributed by atoms with Crippen molar-refractivity contribution in [3.05, 3.63) is 68.7 Å². The molecule has 0 spiro atoms. The molecule has 0 radical (unpaired) electrons. The zero-order valence-corrected chi connectivity index (χ0v) is 16.2. The molecule has 7 nitrogen and oxygen atoms in total. The van der Waals surface area contributed by atoms with E-state index in [-0.39, 0.29) is 24.4 Å². The van der Waals surface area contributed by atoms with Crippen LogP contribution in [0.25, 0.3) is 0 Å². The molecule has 3 rings (SSSR count). The summed E-state index contributed by atoms with van der Waals surface area (Å²) in [6.45, 7) is 1.36. The van der Waals surface area contributed by atoms with Gasteiger partial charge in [0.15, 0.2) is 0 Å². The van der Waals surface area contributed by atoms with Crippen LogP contribution in [-0.2, 0) is 11.3 Å². The summed E-state index contributed by atoms with van der Waals surface area (Å²) in [5.41, 5.74) is 1.48. The first-order valence-electron chi connectivity index (χ1n) is 8.69. The average molecular weight is 434 g/mol. The number of likely N-dealkylation sites (tertiary alicyclic amines) is 1. The van der Waals surface area contributed by atoms with Crippen molar-refractivity contribution in [3.63, 3.8) is 0 Å². The highest BCUT2D eigenvalue weighted by Crippen LogP contribution is 2.29. The van der Waals surface area contributed by atoms with Crippen LogP contribution in [0.4, 0.5) is 16.2 Å². The van der Waals surface area contributed by atoms with E-state index in [1.807, 2.05) is 30.3 Å². The molecule has 0 bridgehead atoms. The van der Waals surface area contributed by atoms with Gasteiger partial charge in [-0.25, -0.2) is 4.79 Å². The number of nitro benzene ring substituents is 1. The van der Waals surface area contributed by atoms with Crippen molar-refractivity contribution in [2.24, 2.45) is 0 Å². The van der Waals surface area contributed by atoms with Gasteiger partial charge in [0, 0.05) is 29.7 Å². The first-order valence-corrected chi connectivity index (χ1v) is 9.48. The monoisotopic (exact) mass is 433 g/mol. The number of amides is 1. The van der Waals surface area contributed by atoms with Gasteiger partial charge >= 0.3 is 6.09 Å². The van der Waals surface area contributed by atoms with Crippen molar-refractivity contribution >= 4 is 33.4 Å². The fraction of sp³-hybridized carbons (Fsp3) is 0.316. The molecule has 2 aromatic rings. The van der Waals surface area contributed by atoms with E-state index in [1.165, 1.54) is 6.07 Å². The van der Waals surface area contributed by atoms with E-state index in [1.54, 1.807) is 17.0 Å². The van der Waals surface area contributed by atoms with E-state index in [4.69, 9.17) is 4.74 Å². The van der Waals surface area contributed by atoms with Crippen molar-refractivity contribution in [2.75, 3.05) is 18.4 Å². The molecule has 1 heterocycles. The molecule has 2 aromatic carbocycles. The maximum atomic E-state index is 12.2. The summed E-state index contributed by atoms with van der Waals surface area (Å²) in [7, 11) is 0. The highest BCUT2D eigenvalue weighted by atomic mass is 79.9. The number of nitro groups is 1. The Balaban J connectivity index is 1.50. The Hall–Kier alpha value is -2.61. The molecule has 1 fully saturated rings. The SMILES string of the molecule is O=C(OCc1ccccc1)N1CCC(Nc2ccc(Br)cc2[N+](=O)[O-])CC1. The van der Waals surface area contributed by atoms with Crippen LogP contribution in [0.5, 0.6) is 0 Å². The number of ether oxygens (including phenoxy) is 1. The summed E-state index contributed by atoms with van der Waals surface area (Å²) in [5.74, 6) is 0. The molecule has 1 N–H and O–H groups in total. The largest absolute Gasteiger partial charge is 0.445 e. The second kappa shape index (κ2) is 8.85. The lowest BCUT2D eigenvalue weighted by Crippen LogP contribution is -2.42. The van der Waals surface area contributed by atoms with Crippen molar-refractivity contribution in [1.29, 1.82) is 0 Å². The number of nitrogens with zero attached hydrogens (tertiary/aromatic N) is 2. The number of carbonyl (C=O) groups excluding carboxylic acids is 1. The first-order chi connectivity index (χ1) is 13.0. The molecular weight excluding hydrogens is 414 g/mol. The quantitative estimate of drug-likeness (QED) is 0.551. The average Bonchev–Trinajstić information content (AvgIpc) is 2.68. The Bertz CT molecular complexity index is 808. The molecule has 1 saturated heterocycles. The Morgan fingerprint density at radius 1 is 1.22 bits per heavy atom. The fourth-order valence-corrected chi connectivity index (χ4v) is 3.36. The number of nitrogens with one attached hydrogen (secondary N) is 1. The summed E-state index contributed by atoms with van der Waals surface area (Å²) in [6.07, 6.45) is 1.08. The van der Waals surface area contributed by atoms with Crippen molar-refractivity contribution in [3.8, 4) is 0 Å². The van der Waals surface area contributed by atoms with Gasteiger partial charge in [0.05, 0.1) is 4.92 Å². The molecule has 0 saturated carbocycles. The molecule has 8 heteroatoms. The summed E-state index contributed by atoms with van der Waals surface area (Å²) in [5, 5.41) is 14.5. The van der Waals surface area contributed by atoms with Crippen molar-refractivity contribution < 1.29 is 14.5 Å². The molecular formula is C19H20BrN3O4. The van der Waals surface area contributed by atoms with Gasteiger partial charge in [0.1, 0.15) is 12.3 Å². The van der Waals surface area contributed by atoms with Gasteiger partial charge in [0.2, 0.25) is 0 Å². The van der Waals surface area contributed by atoms with Gasteiger partial charge in [-0.1, -0.05) is 46.3 Å². The second-order valence-electron chi connectivity index (χ2n) is 6.36. The zero-order chi connectivity index (χ0) is 19.2. The van der Waals surface area contributed by atoms with Crippen LogP contribution in [0.2, 0.25) is 0 Å². The number of halogens is 1. The predicted octanol–water partition coefficient (Wildman–Crippen LogP) is 4.57. The molecule has 27 heavy (non-hydrogen) atoms. The minimum absolute atomic E-state index is 0.0362. The Morgan fingerprint density at radius 2 is 1.93 bits per heavy atom. The van der Waals surface area contributed by atoms with Crippen molar-refractivity contribution in [1.82, 2.24) is 4.90 Å². The standard InChI is InChI=1S/C19H20BrN3O4/c20-15-6-7-17(18(12-15)23(25)26)21-16-8-10-22(11-9-16)19(24)27-13-14-4-2-1-3-5-14/h1-7,12,16,21H,8-11,13H2. The molecule has 0 aromatic heterocycles. The number of carbonyl (C=O) groups is 1.